The van der Waals surface area contributed by atoms with Crippen molar-refractivity contribution in [1.29, 1.82) is 0 Å². The van der Waals surface area contributed by atoms with Crippen LogP contribution in [-0.2, 0) is 0 Å². The molecule has 0 spiro atoms. The predicted molar refractivity (Wildman–Crippen MR) is 83.7 cm³/mol. The molecule has 21 heavy (non-hydrogen) atoms. The molecule has 0 aromatic heterocycles. The van der Waals surface area contributed by atoms with Gasteiger partial charge in [0.2, 0.25) is 0 Å². The Labute approximate surface area is 137 Å². The van der Waals surface area contributed by atoms with Gasteiger partial charge >= 0.3 is 138 Å². The third-order valence-electron chi connectivity index (χ3n) is 2.41. The Bertz CT molecular complexity index is 592. The molecule has 0 atom stereocenters. The molecule has 0 unspecified atom stereocenters. The second-order valence-electron chi connectivity index (χ2n) is 3.79. The molecule has 0 heterocycles. The van der Waals surface area contributed by atoms with Crippen LogP contribution in [0.1, 0.15) is 0 Å². The van der Waals surface area contributed by atoms with Crippen LogP contribution in [0.2, 0.25) is 0 Å². The molecule has 0 aliphatic rings. The van der Waals surface area contributed by atoms with Crippen LogP contribution >= 0.6 is 16.6 Å². The van der Waals surface area contributed by atoms with Crippen LogP contribution < -0.4 is 0 Å². The van der Waals surface area contributed by atoms with Gasteiger partial charge in [0.1, 0.15) is 0 Å². The number of rotatable bonds is 6. The quantitative estimate of drug-likeness (QED) is 0.329. The first-order valence-electron chi connectivity index (χ1n) is 5.64. The number of hydrogen-bond acceptors (Lipinski definition) is 6. The van der Waals surface area contributed by atoms with Crippen molar-refractivity contribution in [3.05, 3.63) is 68.8 Å². The van der Waals surface area contributed by atoms with E-state index in [1.54, 1.807) is 40.9 Å². The molecule has 0 amide bonds. The SMILES string of the molecule is O=[N+]([O-])c1ccc([S][Pb][S]c2ccc([N+](=O)[O-])cc2)cc1. The topological polar surface area (TPSA) is 86.3 Å². The molecule has 106 valence electrons. The number of nitro groups is 2. The van der Waals surface area contributed by atoms with E-state index in [2.05, 4.69) is 0 Å². The van der Waals surface area contributed by atoms with Crippen LogP contribution in [0.3, 0.4) is 0 Å². The van der Waals surface area contributed by atoms with E-state index in [-0.39, 0.29) is 11.4 Å². The summed E-state index contributed by atoms with van der Waals surface area (Å²) < 4.78 is 0. The Hall–Kier alpha value is -1.14. The van der Waals surface area contributed by atoms with E-state index in [1.807, 2.05) is 0 Å². The summed E-state index contributed by atoms with van der Waals surface area (Å²) in [6.07, 6.45) is 0. The first-order chi connectivity index (χ1) is 10.1. The van der Waals surface area contributed by atoms with E-state index >= 15 is 0 Å². The Morgan fingerprint density at radius 2 is 1.05 bits per heavy atom. The molecule has 0 bridgehead atoms. The van der Waals surface area contributed by atoms with Gasteiger partial charge in [-0.15, -0.1) is 0 Å². The van der Waals surface area contributed by atoms with Crippen molar-refractivity contribution in [2.24, 2.45) is 0 Å². The second kappa shape index (κ2) is 7.75. The van der Waals surface area contributed by atoms with Crippen LogP contribution in [0.4, 0.5) is 11.4 Å². The summed E-state index contributed by atoms with van der Waals surface area (Å²) >= 11 is -1.06. The zero-order valence-electron chi connectivity index (χ0n) is 10.5. The van der Waals surface area contributed by atoms with Gasteiger partial charge in [-0.1, -0.05) is 0 Å². The molecule has 0 saturated heterocycles. The Morgan fingerprint density at radius 3 is 1.33 bits per heavy atom. The summed E-state index contributed by atoms with van der Waals surface area (Å²) in [7, 11) is 3.49. The van der Waals surface area contributed by atoms with Gasteiger partial charge in [0.15, 0.2) is 0 Å². The summed E-state index contributed by atoms with van der Waals surface area (Å²) in [5.74, 6) is 0. The molecule has 2 rings (SSSR count). The molecule has 0 aliphatic carbocycles. The average molecular weight is 516 g/mol. The van der Waals surface area contributed by atoms with Gasteiger partial charge in [0, 0.05) is 0 Å². The van der Waals surface area contributed by atoms with E-state index in [0.29, 0.717) is 0 Å². The standard InChI is InChI=1S/2C6H5NO2S.Pb/c2*8-7(9)5-1-3-6(10)4-2-5;/h2*1-4,10H;/q;;+2/p-2. The van der Waals surface area contributed by atoms with Crippen molar-refractivity contribution in [1.82, 2.24) is 0 Å². The van der Waals surface area contributed by atoms with Crippen molar-refractivity contribution in [2.75, 3.05) is 0 Å². The molecule has 9 heteroatoms. The van der Waals surface area contributed by atoms with Crippen LogP contribution in [0.15, 0.2) is 58.3 Å². The Balaban J connectivity index is 1.86. The van der Waals surface area contributed by atoms with E-state index in [1.165, 1.54) is 24.3 Å². The van der Waals surface area contributed by atoms with E-state index < -0.39 is 31.1 Å². The fourth-order valence-corrected chi connectivity index (χ4v) is 14.2. The minimum atomic E-state index is -1.06. The van der Waals surface area contributed by atoms with E-state index in [0.717, 1.165) is 9.79 Å². The van der Waals surface area contributed by atoms with E-state index in [9.17, 15) is 20.2 Å². The monoisotopic (exact) mass is 516 g/mol. The summed E-state index contributed by atoms with van der Waals surface area (Å²) in [6.45, 7) is 0. The molecule has 2 aromatic rings. The maximum absolute atomic E-state index is 10.5. The number of benzene rings is 2. The number of nitro benzene ring substituents is 2. The molecule has 2 radical (unpaired) electrons. The van der Waals surface area contributed by atoms with Gasteiger partial charge < -0.3 is 0 Å². The zero-order chi connectivity index (χ0) is 15.2. The zero-order valence-corrected chi connectivity index (χ0v) is 16.0. The van der Waals surface area contributed by atoms with Crippen LogP contribution in [0.5, 0.6) is 0 Å². The van der Waals surface area contributed by atoms with Crippen molar-refractivity contribution in [2.45, 2.75) is 9.79 Å². The fourth-order valence-electron chi connectivity index (χ4n) is 1.39. The average Bonchev–Trinajstić information content (AvgIpc) is 2.48. The third kappa shape index (κ3) is 4.97. The Morgan fingerprint density at radius 1 is 0.714 bits per heavy atom. The number of hydrogen-bond donors (Lipinski definition) is 0. The molecule has 0 fully saturated rings. The van der Waals surface area contributed by atoms with Crippen molar-refractivity contribution in [3.8, 4) is 0 Å². The molecule has 6 nitrogen and oxygen atoms in total. The maximum atomic E-state index is 10.5. The van der Waals surface area contributed by atoms with Crippen LogP contribution in [-0.4, -0.2) is 31.1 Å². The predicted octanol–water partition coefficient (Wildman–Crippen LogP) is 3.92. The molecule has 0 N–H and O–H groups in total. The molecular weight excluding hydrogens is 507 g/mol. The van der Waals surface area contributed by atoms with Gasteiger partial charge in [0.25, 0.3) is 0 Å². The van der Waals surface area contributed by atoms with Crippen molar-refractivity contribution >= 4 is 49.2 Å². The number of non-ortho nitro benzene ring substituents is 2. The van der Waals surface area contributed by atoms with Gasteiger partial charge in [0.05, 0.1) is 0 Å². The Kier molecular flexibility index (Phi) is 5.99. The van der Waals surface area contributed by atoms with Gasteiger partial charge in [-0.2, -0.15) is 0 Å². The fraction of sp³-hybridized carbons (Fsp3) is 0. The van der Waals surface area contributed by atoms with Crippen molar-refractivity contribution < 1.29 is 9.85 Å². The summed E-state index contributed by atoms with van der Waals surface area (Å²) in [4.78, 5) is 22.3. The van der Waals surface area contributed by atoms with Gasteiger partial charge in [-0.25, -0.2) is 0 Å². The molecule has 2 aromatic carbocycles. The minimum absolute atomic E-state index is 0.0932. The molecule has 0 saturated carbocycles. The molecular formula is C12H8N2O4PbS2. The van der Waals surface area contributed by atoms with Gasteiger partial charge in [-0.3, -0.25) is 0 Å². The third-order valence-corrected chi connectivity index (χ3v) is 15.4. The van der Waals surface area contributed by atoms with Gasteiger partial charge in [-0.05, 0) is 0 Å². The first-order valence-corrected chi connectivity index (χ1v) is 16.8. The summed E-state index contributed by atoms with van der Waals surface area (Å²) in [5.41, 5.74) is 0.186. The van der Waals surface area contributed by atoms with Crippen LogP contribution in [0.25, 0.3) is 0 Å². The van der Waals surface area contributed by atoms with Crippen molar-refractivity contribution in [3.63, 3.8) is 0 Å². The molecule has 0 aliphatic heterocycles. The second-order valence-corrected chi connectivity index (χ2v) is 16.4. The number of nitrogens with zero attached hydrogens (tertiary/aromatic N) is 2. The van der Waals surface area contributed by atoms with E-state index in [4.69, 9.17) is 0 Å². The first kappa shape index (κ1) is 16.2. The summed E-state index contributed by atoms with van der Waals surface area (Å²) in [6, 6.07) is 13.0. The van der Waals surface area contributed by atoms with Crippen LogP contribution in [0, 0.1) is 20.2 Å². The summed E-state index contributed by atoms with van der Waals surface area (Å²) in [5, 5.41) is 21.1. The normalized spacial score (nSPS) is 10.3.